The minimum atomic E-state index is -3.50. The average Bonchev–Trinajstić information content (AvgIpc) is 2.81. The second kappa shape index (κ2) is 7.29. The van der Waals surface area contributed by atoms with Crippen LogP contribution >= 0.6 is 0 Å². The van der Waals surface area contributed by atoms with Crippen LogP contribution in [-0.2, 0) is 21.5 Å². The highest BCUT2D eigenvalue weighted by Crippen LogP contribution is 2.23. The highest BCUT2D eigenvalue weighted by atomic mass is 32.2. The molecule has 1 aromatic heterocycles. The van der Waals surface area contributed by atoms with Crippen LogP contribution in [0.4, 0.5) is 0 Å². The summed E-state index contributed by atoms with van der Waals surface area (Å²) in [5, 5.41) is 4.46. The van der Waals surface area contributed by atoms with Crippen LogP contribution in [-0.4, -0.2) is 48.8 Å². The van der Waals surface area contributed by atoms with Crippen molar-refractivity contribution in [1.29, 1.82) is 0 Å². The van der Waals surface area contributed by atoms with Gasteiger partial charge in [-0.15, -0.1) is 0 Å². The largest absolute Gasteiger partial charge is 0.381 e. The molecule has 2 rings (SSSR count). The van der Waals surface area contributed by atoms with Crippen molar-refractivity contribution in [3.63, 3.8) is 0 Å². The standard InChI is InChI=1S/C15H28N4O3S/c1-6-19-13(4)15(11(2)16-19)12(3)17-23(20,21)18-9-7-14(22-5)8-10-18/h12,14,17H,6-10H2,1-5H3/t12-/m0/s1. The van der Waals surface area contributed by atoms with Gasteiger partial charge < -0.3 is 4.74 Å². The highest BCUT2D eigenvalue weighted by Gasteiger charge is 2.30. The smallest absolute Gasteiger partial charge is 0.280 e. The van der Waals surface area contributed by atoms with Gasteiger partial charge in [0, 0.05) is 44.0 Å². The van der Waals surface area contributed by atoms with Crippen molar-refractivity contribution >= 4 is 10.2 Å². The van der Waals surface area contributed by atoms with Crippen molar-refractivity contribution in [2.75, 3.05) is 20.2 Å². The van der Waals surface area contributed by atoms with Gasteiger partial charge in [-0.05, 0) is 40.5 Å². The summed E-state index contributed by atoms with van der Waals surface area (Å²) >= 11 is 0. The number of nitrogens with one attached hydrogen (secondary N) is 1. The third kappa shape index (κ3) is 3.93. The van der Waals surface area contributed by atoms with Crippen LogP contribution in [0, 0.1) is 13.8 Å². The van der Waals surface area contributed by atoms with E-state index in [-0.39, 0.29) is 12.1 Å². The number of nitrogens with zero attached hydrogens (tertiary/aromatic N) is 3. The second-order valence-corrected chi connectivity index (χ2v) is 7.78. The van der Waals surface area contributed by atoms with Gasteiger partial charge in [-0.1, -0.05) is 0 Å². The lowest BCUT2D eigenvalue weighted by Gasteiger charge is -2.31. The van der Waals surface area contributed by atoms with E-state index >= 15 is 0 Å². The van der Waals surface area contributed by atoms with Crippen LogP contribution < -0.4 is 4.72 Å². The fourth-order valence-electron chi connectivity index (χ4n) is 3.31. The maximum atomic E-state index is 12.6. The summed E-state index contributed by atoms with van der Waals surface area (Å²) in [7, 11) is -1.83. The summed E-state index contributed by atoms with van der Waals surface area (Å²) in [6.07, 6.45) is 1.63. The van der Waals surface area contributed by atoms with Crippen molar-refractivity contribution in [2.24, 2.45) is 0 Å². The first kappa shape index (κ1) is 18.4. The summed E-state index contributed by atoms with van der Waals surface area (Å²) in [4.78, 5) is 0. The van der Waals surface area contributed by atoms with Crippen molar-refractivity contribution in [3.8, 4) is 0 Å². The van der Waals surface area contributed by atoms with Gasteiger partial charge in [0.25, 0.3) is 10.2 Å². The normalized spacial score (nSPS) is 19.2. The van der Waals surface area contributed by atoms with Gasteiger partial charge in [0.1, 0.15) is 0 Å². The Bertz CT molecular complexity index is 633. The van der Waals surface area contributed by atoms with Gasteiger partial charge in [0.2, 0.25) is 0 Å². The molecular weight excluding hydrogens is 316 g/mol. The summed E-state index contributed by atoms with van der Waals surface area (Å²) < 4.78 is 36.7. The summed E-state index contributed by atoms with van der Waals surface area (Å²) in [6, 6.07) is -0.305. The van der Waals surface area contributed by atoms with Crippen LogP contribution in [0.2, 0.25) is 0 Å². The zero-order valence-electron chi connectivity index (χ0n) is 14.7. The van der Waals surface area contributed by atoms with E-state index in [0.717, 1.165) is 36.3 Å². The van der Waals surface area contributed by atoms with E-state index in [4.69, 9.17) is 4.74 Å². The molecule has 0 radical (unpaired) electrons. The van der Waals surface area contributed by atoms with Gasteiger partial charge in [-0.3, -0.25) is 4.68 Å². The zero-order chi connectivity index (χ0) is 17.2. The van der Waals surface area contributed by atoms with Crippen molar-refractivity contribution in [1.82, 2.24) is 18.8 Å². The van der Waals surface area contributed by atoms with E-state index in [2.05, 4.69) is 9.82 Å². The Labute approximate surface area is 139 Å². The Morgan fingerprint density at radius 2 is 1.96 bits per heavy atom. The first-order chi connectivity index (χ1) is 10.8. The SMILES string of the molecule is CCn1nc(C)c([C@H](C)NS(=O)(=O)N2CCC(OC)CC2)c1C. The maximum absolute atomic E-state index is 12.6. The lowest BCUT2D eigenvalue weighted by molar-refractivity contribution is 0.0601. The van der Waals surface area contributed by atoms with Crippen molar-refractivity contribution in [3.05, 3.63) is 17.0 Å². The van der Waals surface area contributed by atoms with Crippen LogP contribution in [0.3, 0.4) is 0 Å². The number of methoxy groups -OCH3 is 1. The van der Waals surface area contributed by atoms with E-state index in [0.29, 0.717) is 13.1 Å². The average molecular weight is 344 g/mol. The quantitative estimate of drug-likeness (QED) is 0.849. The fourth-order valence-corrected chi connectivity index (χ4v) is 4.72. The van der Waals surface area contributed by atoms with E-state index in [1.54, 1.807) is 7.11 Å². The van der Waals surface area contributed by atoms with E-state index in [1.807, 2.05) is 32.4 Å². The predicted octanol–water partition coefficient (Wildman–Crippen LogP) is 1.53. The van der Waals surface area contributed by atoms with Crippen molar-refractivity contribution in [2.45, 2.75) is 59.2 Å². The maximum Gasteiger partial charge on any atom is 0.280 e. The molecule has 1 atom stereocenters. The molecule has 0 amide bonds. The number of aryl methyl sites for hydroxylation is 2. The van der Waals surface area contributed by atoms with Crippen LogP contribution in [0.5, 0.6) is 0 Å². The zero-order valence-corrected chi connectivity index (χ0v) is 15.5. The highest BCUT2D eigenvalue weighted by molar-refractivity contribution is 7.87. The molecule has 1 fully saturated rings. The molecule has 0 aromatic carbocycles. The molecule has 1 N–H and O–H groups in total. The van der Waals surface area contributed by atoms with Gasteiger partial charge in [0.05, 0.1) is 11.8 Å². The molecule has 0 aliphatic carbocycles. The van der Waals surface area contributed by atoms with Gasteiger partial charge in [-0.2, -0.15) is 22.5 Å². The van der Waals surface area contributed by atoms with E-state index < -0.39 is 10.2 Å². The Kier molecular flexibility index (Phi) is 5.83. The molecular formula is C15H28N4O3S. The van der Waals surface area contributed by atoms with E-state index in [1.165, 1.54) is 4.31 Å². The topological polar surface area (TPSA) is 76.5 Å². The molecule has 0 unspecified atom stereocenters. The third-order valence-corrected chi connectivity index (χ3v) is 6.27. The van der Waals surface area contributed by atoms with Crippen molar-refractivity contribution < 1.29 is 13.2 Å². The summed E-state index contributed by atoms with van der Waals surface area (Å²) in [5.41, 5.74) is 2.85. The van der Waals surface area contributed by atoms with Gasteiger partial charge in [-0.25, -0.2) is 0 Å². The lowest BCUT2D eigenvalue weighted by atomic mass is 10.1. The number of ether oxygens (including phenoxy) is 1. The number of rotatable bonds is 6. The molecule has 1 aliphatic rings. The Morgan fingerprint density at radius 3 is 2.43 bits per heavy atom. The summed E-state index contributed by atoms with van der Waals surface area (Å²) in [6.45, 7) is 9.56. The van der Waals surface area contributed by atoms with Crippen LogP contribution in [0.25, 0.3) is 0 Å². The molecule has 1 aliphatic heterocycles. The summed E-state index contributed by atoms with van der Waals surface area (Å²) in [5.74, 6) is 0. The minimum absolute atomic E-state index is 0.158. The molecule has 0 spiro atoms. The molecule has 23 heavy (non-hydrogen) atoms. The Balaban J connectivity index is 2.10. The molecule has 1 aromatic rings. The number of hydrogen-bond acceptors (Lipinski definition) is 4. The molecule has 8 heteroatoms. The van der Waals surface area contributed by atoms with Crippen LogP contribution in [0.1, 0.15) is 49.7 Å². The van der Waals surface area contributed by atoms with Gasteiger partial charge >= 0.3 is 0 Å². The predicted molar refractivity (Wildman–Crippen MR) is 89.4 cm³/mol. The number of aromatic nitrogens is 2. The number of hydrogen-bond donors (Lipinski definition) is 1. The second-order valence-electron chi connectivity index (χ2n) is 6.08. The Hall–Kier alpha value is -0.960. The molecule has 0 bridgehead atoms. The first-order valence-corrected chi connectivity index (χ1v) is 9.58. The first-order valence-electron chi connectivity index (χ1n) is 8.14. The molecule has 1 saturated heterocycles. The van der Waals surface area contributed by atoms with Crippen LogP contribution in [0.15, 0.2) is 0 Å². The fraction of sp³-hybridized carbons (Fsp3) is 0.800. The van der Waals surface area contributed by atoms with Gasteiger partial charge in [0.15, 0.2) is 0 Å². The van der Waals surface area contributed by atoms with E-state index in [9.17, 15) is 8.42 Å². The Morgan fingerprint density at radius 1 is 1.35 bits per heavy atom. The third-order valence-electron chi connectivity index (χ3n) is 4.57. The monoisotopic (exact) mass is 344 g/mol. The molecule has 0 saturated carbocycles. The minimum Gasteiger partial charge on any atom is -0.381 e. The lowest BCUT2D eigenvalue weighted by Crippen LogP contribution is -2.46. The molecule has 7 nitrogen and oxygen atoms in total. The molecule has 2 heterocycles. The number of piperidine rings is 1. The molecule has 132 valence electrons.